The van der Waals surface area contributed by atoms with E-state index in [0.29, 0.717) is 6.04 Å². The summed E-state index contributed by atoms with van der Waals surface area (Å²) >= 11 is 2.19. The van der Waals surface area contributed by atoms with Crippen molar-refractivity contribution in [1.29, 1.82) is 0 Å². The van der Waals surface area contributed by atoms with Crippen LogP contribution < -0.4 is 5.32 Å². The van der Waals surface area contributed by atoms with Crippen molar-refractivity contribution < 1.29 is 0 Å². The number of nitrogens with one attached hydrogen (secondary N) is 1. The molecule has 0 aromatic heterocycles. The van der Waals surface area contributed by atoms with Crippen LogP contribution in [-0.2, 0) is 0 Å². The first-order valence-electron chi connectivity index (χ1n) is 8.13. The van der Waals surface area contributed by atoms with Crippen LogP contribution in [0.3, 0.4) is 0 Å². The molecule has 0 spiro atoms. The van der Waals surface area contributed by atoms with E-state index in [2.05, 4.69) is 56.0 Å². The zero-order valence-electron chi connectivity index (χ0n) is 13.2. The van der Waals surface area contributed by atoms with Crippen LogP contribution in [0.2, 0.25) is 0 Å². The Balaban J connectivity index is 1.98. The van der Waals surface area contributed by atoms with E-state index in [0.717, 1.165) is 11.8 Å². The van der Waals surface area contributed by atoms with Crippen LogP contribution >= 0.6 is 11.8 Å². The van der Waals surface area contributed by atoms with Gasteiger partial charge in [0.05, 0.1) is 0 Å². The number of rotatable bonds is 6. The Morgan fingerprint density at radius 2 is 1.95 bits per heavy atom. The lowest BCUT2D eigenvalue weighted by molar-refractivity contribution is 0.514. The molecule has 1 aliphatic carbocycles. The lowest BCUT2D eigenvalue weighted by Crippen LogP contribution is -2.25. The fraction of sp³-hybridized carbons (Fsp3) is 0.667. The van der Waals surface area contributed by atoms with Crippen molar-refractivity contribution in [2.24, 2.45) is 0 Å². The maximum absolute atomic E-state index is 3.68. The molecule has 1 aliphatic rings. The van der Waals surface area contributed by atoms with Gasteiger partial charge in [0.1, 0.15) is 0 Å². The molecule has 1 atom stereocenters. The van der Waals surface area contributed by atoms with Gasteiger partial charge in [-0.15, -0.1) is 0 Å². The van der Waals surface area contributed by atoms with Gasteiger partial charge in [-0.3, -0.25) is 0 Å². The molecule has 0 heterocycles. The van der Waals surface area contributed by atoms with Crippen molar-refractivity contribution in [1.82, 2.24) is 5.32 Å². The molecule has 1 unspecified atom stereocenters. The number of thioether (sulfide) groups is 1. The van der Waals surface area contributed by atoms with Gasteiger partial charge in [-0.25, -0.2) is 0 Å². The Kier molecular flexibility index (Phi) is 6.44. The summed E-state index contributed by atoms with van der Waals surface area (Å²) in [7, 11) is 0. The Hall–Kier alpha value is -0.470. The first-order chi connectivity index (χ1) is 9.70. The summed E-state index contributed by atoms with van der Waals surface area (Å²) in [4.78, 5) is 0. The van der Waals surface area contributed by atoms with Gasteiger partial charge in [0, 0.05) is 17.0 Å². The fourth-order valence-electron chi connectivity index (χ4n) is 3.19. The minimum Gasteiger partial charge on any atom is -0.310 e. The number of hydrogen-bond acceptors (Lipinski definition) is 2. The molecular weight excluding hydrogens is 262 g/mol. The zero-order chi connectivity index (χ0) is 14.4. The maximum Gasteiger partial charge on any atom is 0.0414 e. The number of aryl methyl sites for hydroxylation is 2. The topological polar surface area (TPSA) is 12.0 Å². The molecule has 2 heteroatoms. The highest BCUT2D eigenvalue weighted by Gasteiger charge is 2.18. The van der Waals surface area contributed by atoms with Gasteiger partial charge in [-0.05, 0) is 44.4 Å². The summed E-state index contributed by atoms with van der Waals surface area (Å²) in [6.07, 6.45) is 7.18. The van der Waals surface area contributed by atoms with Crippen molar-refractivity contribution >= 4 is 11.8 Å². The largest absolute Gasteiger partial charge is 0.310 e. The molecule has 1 N–H and O–H groups in total. The zero-order valence-corrected chi connectivity index (χ0v) is 14.1. The second kappa shape index (κ2) is 8.09. The molecule has 1 saturated carbocycles. The second-order valence-corrected chi connectivity index (χ2v) is 7.40. The van der Waals surface area contributed by atoms with Crippen LogP contribution in [0, 0.1) is 13.8 Å². The molecule has 0 saturated heterocycles. The highest BCUT2D eigenvalue weighted by Crippen LogP contribution is 2.31. The lowest BCUT2D eigenvalue weighted by atomic mass is 10.00. The van der Waals surface area contributed by atoms with Crippen LogP contribution in [-0.4, -0.2) is 17.5 Å². The van der Waals surface area contributed by atoms with Crippen LogP contribution in [0.25, 0.3) is 0 Å². The molecule has 0 radical (unpaired) electrons. The van der Waals surface area contributed by atoms with E-state index in [4.69, 9.17) is 0 Å². The first kappa shape index (κ1) is 15.9. The molecule has 1 nitrogen and oxygen atoms in total. The molecule has 1 fully saturated rings. The molecule has 20 heavy (non-hydrogen) atoms. The third kappa shape index (κ3) is 4.53. The van der Waals surface area contributed by atoms with E-state index in [-0.39, 0.29) is 0 Å². The normalized spacial score (nSPS) is 18.1. The molecule has 0 amide bonds. The van der Waals surface area contributed by atoms with Crippen molar-refractivity contribution in [2.75, 3.05) is 12.3 Å². The summed E-state index contributed by atoms with van der Waals surface area (Å²) in [6.45, 7) is 7.68. The summed E-state index contributed by atoms with van der Waals surface area (Å²) in [5, 5.41) is 4.58. The molecule has 2 rings (SSSR count). The lowest BCUT2D eigenvalue weighted by Gasteiger charge is -2.25. The van der Waals surface area contributed by atoms with E-state index >= 15 is 0 Å². The number of hydrogen-bond donors (Lipinski definition) is 1. The Morgan fingerprint density at radius 3 is 2.60 bits per heavy atom. The predicted octanol–water partition coefficient (Wildman–Crippen LogP) is 5.02. The van der Waals surface area contributed by atoms with E-state index in [1.165, 1.54) is 54.5 Å². The van der Waals surface area contributed by atoms with Crippen LogP contribution in [0.1, 0.15) is 61.8 Å². The van der Waals surface area contributed by atoms with Gasteiger partial charge >= 0.3 is 0 Å². The Bertz CT molecular complexity index is 410. The number of benzene rings is 1. The van der Waals surface area contributed by atoms with Gasteiger partial charge in [0.2, 0.25) is 0 Å². The van der Waals surface area contributed by atoms with E-state index in [1.807, 2.05) is 0 Å². The van der Waals surface area contributed by atoms with Gasteiger partial charge in [-0.2, -0.15) is 11.8 Å². The summed E-state index contributed by atoms with van der Waals surface area (Å²) in [5.41, 5.74) is 4.28. The minimum absolute atomic E-state index is 0.507. The maximum atomic E-state index is 3.68. The average Bonchev–Trinajstić information content (AvgIpc) is 2.45. The van der Waals surface area contributed by atoms with Crippen molar-refractivity contribution in [3.05, 3.63) is 34.9 Å². The van der Waals surface area contributed by atoms with E-state index in [9.17, 15) is 0 Å². The van der Waals surface area contributed by atoms with Crippen LogP contribution in [0.5, 0.6) is 0 Å². The SMILES string of the molecule is CCNC(CSC1CCCCC1)c1ccc(C)cc1C. The van der Waals surface area contributed by atoms with Crippen LogP contribution in [0.15, 0.2) is 18.2 Å². The van der Waals surface area contributed by atoms with Crippen molar-refractivity contribution in [3.8, 4) is 0 Å². The molecule has 0 bridgehead atoms. The standard InChI is InChI=1S/C18H29NS/c1-4-19-18(13-20-16-8-6-5-7-9-16)17-11-10-14(2)12-15(17)3/h10-12,16,18-19H,4-9,13H2,1-3H3. The summed E-state index contributed by atoms with van der Waals surface area (Å²) < 4.78 is 0. The molecular formula is C18H29NS. The van der Waals surface area contributed by atoms with Crippen LogP contribution in [0.4, 0.5) is 0 Å². The molecule has 112 valence electrons. The highest BCUT2D eigenvalue weighted by molar-refractivity contribution is 7.99. The molecule has 0 aliphatic heterocycles. The smallest absolute Gasteiger partial charge is 0.0414 e. The molecule has 1 aromatic rings. The second-order valence-electron chi connectivity index (χ2n) is 6.06. The average molecular weight is 292 g/mol. The Labute approximate surface area is 128 Å². The minimum atomic E-state index is 0.507. The van der Waals surface area contributed by atoms with Gasteiger partial charge in [0.25, 0.3) is 0 Å². The third-order valence-electron chi connectivity index (χ3n) is 4.30. The first-order valence-corrected chi connectivity index (χ1v) is 9.17. The van der Waals surface area contributed by atoms with Gasteiger partial charge in [-0.1, -0.05) is 49.9 Å². The Morgan fingerprint density at radius 1 is 1.20 bits per heavy atom. The van der Waals surface area contributed by atoms with Crippen molar-refractivity contribution in [2.45, 2.75) is 64.2 Å². The highest BCUT2D eigenvalue weighted by atomic mass is 32.2. The van der Waals surface area contributed by atoms with E-state index in [1.54, 1.807) is 0 Å². The fourth-order valence-corrected chi connectivity index (χ4v) is 4.61. The third-order valence-corrected chi connectivity index (χ3v) is 5.77. The van der Waals surface area contributed by atoms with Gasteiger partial charge < -0.3 is 5.32 Å². The predicted molar refractivity (Wildman–Crippen MR) is 91.7 cm³/mol. The van der Waals surface area contributed by atoms with Crippen molar-refractivity contribution in [3.63, 3.8) is 0 Å². The summed E-state index contributed by atoms with van der Waals surface area (Å²) in [6, 6.07) is 7.38. The van der Waals surface area contributed by atoms with E-state index < -0.39 is 0 Å². The summed E-state index contributed by atoms with van der Waals surface area (Å²) in [5.74, 6) is 1.21. The monoisotopic (exact) mass is 291 g/mol. The van der Waals surface area contributed by atoms with Gasteiger partial charge in [0.15, 0.2) is 0 Å². The quantitative estimate of drug-likeness (QED) is 0.790. The molecule has 1 aromatic carbocycles.